The second-order valence-electron chi connectivity index (χ2n) is 34.5. The summed E-state index contributed by atoms with van der Waals surface area (Å²) in [5.41, 5.74) is 0. The molecule has 0 saturated carbocycles. The van der Waals surface area contributed by atoms with Crippen LogP contribution in [0.25, 0.3) is 0 Å². The van der Waals surface area contributed by atoms with Crippen LogP contribution in [0.5, 0.6) is 0 Å². The number of hydrogen-bond acceptors (Lipinski definition) is 12. The lowest BCUT2D eigenvalue weighted by Gasteiger charge is -2.35. The molecule has 30 heteroatoms. The van der Waals surface area contributed by atoms with E-state index in [1.165, 1.54) is 170 Å². The highest BCUT2D eigenvalue weighted by Gasteiger charge is 2.12. The number of quaternary nitrogens is 13. The molecule has 0 amide bonds. The van der Waals surface area contributed by atoms with E-state index in [1.54, 1.807) is 0 Å². The molecule has 0 N–H and O–H groups in total. The van der Waals surface area contributed by atoms with Crippen molar-refractivity contribution in [3.8, 4) is 0 Å². The Hall–Kier alpha value is -0.810. The molecule has 0 aliphatic rings. The van der Waals surface area contributed by atoms with E-state index in [0.717, 1.165) is 58.3 Å². The molecule has 0 unspecified atom stereocenters. The molecular weight excluding hydrogens is 1370 g/mol. The van der Waals surface area contributed by atoms with Crippen LogP contribution in [0, 0.1) is 0 Å². The fraction of sp³-hybridized carbons (Fsp3) is 1.00. The van der Waals surface area contributed by atoms with Crippen molar-refractivity contribution < 1.29 is 123 Å². The molecule has 676 valence electrons. The van der Waals surface area contributed by atoms with Gasteiger partial charge >= 0.3 is 0 Å². The van der Waals surface area contributed by atoms with Crippen molar-refractivity contribution in [3.05, 3.63) is 0 Å². The molecule has 0 saturated heterocycles. The van der Waals surface area contributed by atoms with Gasteiger partial charge in [-0.25, -0.2) is 0 Å². The molecule has 0 aliphatic heterocycles. The van der Waals surface area contributed by atoms with Crippen molar-refractivity contribution in [2.75, 3.05) is 353 Å². The molecule has 0 aliphatic carbocycles. The highest BCUT2D eigenvalue weighted by molar-refractivity contribution is 6.24. The first-order valence-corrected chi connectivity index (χ1v) is 41.1. The molecule has 0 aromatic carbocycles. The third kappa shape index (κ3) is 192. The van der Waals surface area contributed by atoms with Gasteiger partial charge in [0.15, 0.2) is 0 Å². The largest absolute Gasteiger partial charge is 1.00 e. The first-order valence-electron chi connectivity index (χ1n) is 41.1. The summed E-state index contributed by atoms with van der Waals surface area (Å²) >= 11 is 0. The molecular formula is C78H208B4FN13O12. The lowest BCUT2D eigenvalue weighted by atomic mass is 10.3. The summed E-state index contributed by atoms with van der Waals surface area (Å²) in [4.78, 5) is 0. The quantitative estimate of drug-likeness (QED) is 0.0586. The van der Waals surface area contributed by atoms with Gasteiger partial charge in [0.2, 0.25) is 0 Å². The number of halogens is 1. The van der Waals surface area contributed by atoms with Crippen LogP contribution < -0.4 is 65.0 Å². The number of nitrogens with zero attached hydrogens (tertiary/aromatic N) is 13. The SMILES string of the molecule is CC[N+](C)(C)CC.CC[N+](C)(C)CC.CC[N+](C)(C)CC.CC[N+](C)(C)CC.CC[N+](C)(C)CC.CC[N+](C)(C)CC.CC[N+](C)(C)CC.CC[N+](C)(C)CC.CC[N+](C)(C)CC.CC[N+](C)(C)CC.CC[N+](C)(C)CC.CC[N+](C)(C)CC.CC[N+](C)(C)CC.[F-].[O-]B([O-])[O-].[O-]B([O-])[O-].[O-]B([O-])[O-].[O-]B([O-])[O-]. The molecule has 0 atom stereocenters. The van der Waals surface area contributed by atoms with Crippen molar-refractivity contribution in [3.63, 3.8) is 0 Å². The first-order chi connectivity index (χ1) is 47.5. The van der Waals surface area contributed by atoms with E-state index < -0.39 is 29.3 Å². The smallest absolute Gasteiger partial charge is 0.0753 e. The summed E-state index contributed by atoms with van der Waals surface area (Å²) in [6, 6.07) is 0. The molecule has 0 spiro atoms. The van der Waals surface area contributed by atoms with Crippen LogP contribution in [-0.2, 0) is 0 Å². The second-order valence-corrected chi connectivity index (χ2v) is 34.5. The van der Waals surface area contributed by atoms with Crippen molar-refractivity contribution in [1.29, 1.82) is 0 Å². The van der Waals surface area contributed by atoms with Gasteiger partial charge < -0.3 is 123 Å². The van der Waals surface area contributed by atoms with Crippen LogP contribution in [0.2, 0.25) is 0 Å². The fourth-order valence-electron chi connectivity index (χ4n) is 2.91. The minimum Gasteiger partial charge on any atom is -1.00 e. The highest BCUT2D eigenvalue weighted by Crippen LogP contribution is 1.98. The minimum atomic E-state index is -2.92. The molecule has 0 radical (unpaired) electrons. The van der Waals surface area contributed by atoms with E-state index in [4.69, 9.17) is 60.3 Å². The predicted octanol–water partition coefficient (Wildman–Crippen LogP) is -4.45. The van der Waals surface area contributed by atoms with E-state index in [9.17, 15) is 0 Å². The van der Waals surface area contributed by atoms with Gasteiger partial charge in [-0.2, -0.15) is 0 Å². The lowest BCUT2D eigenvalue weighted by molar-refractivity contribution is -0.886. The van der Waals surface area contributed by atoms with E-state index >= 15 is 0 Å². The maximum atomic E-state index is 8.42. The minimum absolute atomic E-state index is 0. The Morgan fingerprint density at radius 1 is 0.111 bits per heavy atom. The average molecular weight is 1580 g/mol. The molecule has 108 heavy (non-hydrogen) atoms. The normalized spacial score (nSPS) is 11.1. The Balaban J connectivity index is -0.0000000499. The summed E-state index contributed by atoms with van der Waals surface area (Å²) in [6.45, 7) is 89.6. The summed E-state index contributed by atoms with van der Waals surface area (Å²) < 4.78 is 14.8. The van der Waals surface area contributed by atoms with Gasteiger partial charge in [-0.3, -0.25) is 29.3 Å². The van der Waals surface area contributed by atoms with Crippen LogP contribution in [-0.4, -0.2) is 441 Å². The van der Waals surface area contributed by atoms with Crippen LogP contribution in [0.4, 0.5) is 0 Å². The summed E-state index contributed by atoms with van der Waals surface area (Å²) in [5.74, 6) is 0. The van der Waals surface area contributed by atoms with E-state index in [-0.39, 0.29) is 4.70 Å². The third-order valence-electron chi connectivity index (χ3n) is 22.3. The number of hydrogen-bond donors (Lipinski definition) is 0. The van der Waals surface area contributed by atoms with Crippen molar-refractivity contribution in [1.82, 2.24) is 0 Å². The highest BCUT2D eigenvalue weighted by atomic mass is 19.0. The lowest BCUT2D eigenvalue weighted by Crippen LogP contribution is -3.00. The van der Waals surface area contributed by atoms with Gasteiger partial charge in [0.1, 0.15) is 0 Å². The molecule has 0 bridgehead atoms. The van der Waals surface area contributed by atoms with Crippen LogP contribution in [0.1, 0.15) is 180 Å². The Morgan fingerprint density at radius 2 is 0.130 bits per heavy atom. The summed E-state index contributed by atoms with van der Waals surface area (Å²) in [7, 11) is 46.5. The fourth-order valence-corrected chi connectivity index (χ4v) is 2.91. The van der Waals surface area contributed by atoms with Crippen LogP contribution in [0.3, 0.4) is 0 Å². The molecule has 0 fully saturated rings. The van der Waals surface area contributed by atoms with Gasteiger partial charge in [-0.15, -0.1) is 0 Å². The van der Waals surface area contributed by atoms with Crippen LogP contribution >= 0.6 is 0 Å². The Labute approximate surface area is 683 Å². The standard InChI is InChI=1S/13C6H16N.4BO3.FH/c13*1-5-7(3,4)6-2;4*2-1(3)4;/h13*5-6H2,1-4H3;;;;;1H/q13*+1;4*-3;/p-1. The summed E-state index contributed by atoms with van der Waals surface area (Å²) in [6.07, 6.45) is 0. The van der Waals surface area contributed by atoms with Crippen LogP contribution in [0.15, 0.2) is 0 Å². The van der Waals surface area contributed by atoms with Gasteiger partial charge in [0.05, 0.1) is 353 Å². The zero-order valence-corrected chi connectivity index (χ0v) is 83.8. The predicted molar refractivity (Wildman–Crippen MR) is 454 cm³/mol. The number of rotatable bonds is 26. The van der Waals surface area contributed by atoms with Crippen molar-refractivity contribution in [2.45, 2.75) is 180 Å². The monoisotopic (exact) mass is 1580 g/mol. The zero-order valence-electron chi connectivity index (χ0n) is 83.8. The Bertz CT molecular complexity index is 1170. The molecule has 0 heterocycles. The van der Waals surface area contributed by atoms with Gasteiger partial charge in [0, 0.05) is 0 Å². The van der Waals surface area contributed by atoms with Gasteiger partial charge in [-0.1, -0.05) is 0 Å². The van der Waals surface area contributed by atoms with Crippen molar-refractivity contribution >= 4 is 29.3 Å². The topological polar surface area (TPSA) is 277 Å². The second kappa shape index (κ2) is 88.6. The Morgan fingerprint density at radius 3 is 0.130 bits per heavy atom. The molecule has 25 nitrogen and oxygen atoms in total. The van der Waals surface area contributed by atoms with E-state index in [0.29, 0.717) is 0 Å². The van der Waals surface area contributed by atoms with Crippen molar-refractivity contribution in [2.24, 2.45) is 0 Å². The molecule has 0 aromatic rings. The van der Waals surface area contributed by atoms with E-state index in [1.807, 2.05) is 0 Å². The Kier molecular flexibility index (Phi) is 125. The van der Waals surface area contributed by atoms with Gasteiger partial charge in [-0.05, 0) is 180 Å². The first kappa shape index (κ1) is 152. The molecule has 0 aromatic heterocycles. The maximum Gasteiger partial charge on any atom is 0.0753 e. The maximum absolute atomic E-state index is 8.42. The molecule has 0 rings (SSSR count). The van der Waals surface area contributed by atoms with Gasteiger partial charge in [0.25, 0.3) is 0 Å². The van der Waals surface area contributed by atoms with E-state index in [2.05, 4.69) is 363 Å². The third-order valence-corrected chi connectivity index (χ3v) is 22.3. The summed E-state index contributed by atoms with van der Waals surface area (Å²) in [5, 5.41) is 101. The average Bonchev–Trinajstić information content (AvgIpc) is 1.26. The zero-order chi connectivity index (χ0) is 91.2.